The van der Waals surface area contributed by atoms with Crippen LogP contribution in [0.4, 0.5) is 0 Å². The molecule has 4 nitrogen and oxygen atoms in total. The lowest BCUT2D eigenvalue weighted by Gasteiger charge is -2.13. The lowest BCUT2D eigenvalue weighted by atomic mass is 10.1. The first-order valence-electron chi connectivity index (χ1n) is 5.35. The van der Waals surface area contributed by atoms with Crippen LogP contribution in [0.3, 0.4) is 0 Å². The molecule has 0 aromatic heterocycles. The van der Waals surface area contributed by atoms with Crippen LogP contribution in [-0.2, 0) is 16.4 Å². The van der Waals surface area contributed by atoms with Crippen molar-refractivity contribution in [3.63, 3.8) is 0 Å². The molecule has 0 aliphatic heterocycles. The number of rotatable bonds is 6. The summed E-state index contributed by atoms with van der Waals surface area (Å²) in [4.78, 5) is 0. The van der Waals surface area contributed by atoms with Crippen molar-refractivity contribution in [2.24, 2.45) is 5.14 Å². The number of hydrogen-bond donors (Lipinski definition) is 2. The van der Waals surface area contributed by atoms with Crippen LogP contribution in [0.2, 0.25) is 0 Å². The molecule has 0 heterocycles. The Morgan fingerprint density at radius 3 is 2.47 bits per heavy atom. The summed E-state index contributed by atoms with van der Waals surface area (Å²) < 4.78 is 22.5. The van der Waals surface area contributed by atoms with Gasteiger partial charge in [0, 0.05) is 17.1 Å². The first-order chi connectivity index (χ1) is 7.87. The third-order valence-corrected chi connectivity index (χ3v) is 3.64. The summed E-state index contributed by atoms with van der Waals surface area (Å²) in [6, 6.07) is 8.29. The summed E-state index contributed by atoms with van der Waals surface area (Å²) in [6.45, 7) is 2.40. The first kappa shape index (κ1) is 14.6. The first-order valence-corrected chi connectivity index (χ1v) is 7.86. The maximum Gasteiger partial charge on any atom is 0.210 e. The molecule has 0 amide bonds. The molecule has 3 N–H and O–H groups in total. The van der Waals surface area contributed by atoms with E-state index in [2.05, 4.69) is 21.2 Å². The van der Waals surface area contributed by atoms with Gasteiger partial charge in [-0.2, -0.15) is 0 Å². The normalized spacial score (nSPS) is 13.6. The number of sulfonamides is 1. The average molecular weight is 321 g/mol. The fraction of sp³-hybridized carbons (Fsp3) is 0.455. The van der Waals surface area contributed by atoms with Crippen molar-refractivity contribution in [1.82, 2.24) is 5.32 Å². The summed E-state index contributed by atoms with van der Waals surface area (Å²) in [6.07, 6.45) is 0.859. The third kappa shape index (κ3) is 6.78. The zero-order valence-corrected chi connectivity index (χ0v) is 12.1. The SMILES string of the molecule is CC(Cc1ccc(Br)cc1)NCCS(N)(=O)=O. The van der Waals surface area contributed by atoms with E-state index in [0.29, 0.717) is 6.54 Å². The van der Waals surface area contributed by atoms with Crippen molar-refractivity contribution in [3.8, 4) is 0 Å². The van der Waals surface area contributed by atoms with E-state index in [9.17, 15) is 8.42 Å². The number of primary sulfonamides is 1. The van der Waals surface area contributed by atoms with Gasteiger partial charge in [-0.05, 0) is 31.0 Å². The minimum Gasteiger partial charge on any atom is -0.313 e. The van der Waals surface area contributed by atoms with Crippen molar-refractivity contribution in [3.05, 3.63) is 34.3 Å². The van der Waals surface area contributed by atoms with E-state index in [0.717, 1.165) is 10.9 Å². The minimum atomic E-state index is -3.37. The molecule has 96 valence electrons. The van der Waals surface area contributed by atoms with Gasteiger partial charge in [-0.25, -0.2) is 13.6 Å². The Hall–Kier alpha value is -0.430. The Labute approximate surface area is 111 Å². The molecule has 6 heteroatoms. The summed E-state index contributed by atoms with van der Waals surface area (Å²) in [5.74, 6) is -0.0301. The van der Waals surface area contributed by atoms with Crippen molar-refractivity contribution < 1.29 is 8.42 Å². The van der Waals surface area contributed by atoms with Gasteiger partial charge in [0.2, 0.25) is 10.0 Å². The highest BCUT2D eigenvalue weighted by molar-refractivity contribution is 9.10. The van der Waals surface area contributed by atoms with Gasteiger partial charge in [0.1, 0.15) is 0 Å². The molecular weight excluding hydrogens is 304 g/mol. The molecule has 0 saturated carbocycles. The Morgan fingerprint density at radius 2 is 1.94 bits per heavy atom. The van der Waals surface area contributed by atoms with E-state index >= 15 is 0 Å². The predicted octanol–water partition coefficient (Wildman–Crippen LogP) is 1.26. The molecule has 1 unspecified atom stereocenters. The molecule has 0 aliphatic carbocycles. The molecule has 1 atom stereocenters. The second-order valence-corrected chi connectivity index (χ2v) is 6.70. The molecule has 1 aromatic carbocycles. The fourth-order valence-corrected chi connectivity index (χ4v) is 2.16. The van der Waals surface area contributed by atoms with Gasteiger partial charge in [-0.15, -0.1) is 0 Å². The van der Waals surface area contributed by atoms with Crippen LogP contribution in [0, 0.1) is 0 Å². The zero-order chi connectivity index (χ0) is 12.9. The Balaban J connectivity index is 2.34. The topological polar surface area (TPSA) is 72.2 Å². The summed E-state index contributed by atoms with van der Waals surface area (Å²) in [5.41, 5.74) is 1.21. The summed E-state index contributed by atoms with van der Waals surface area (Å²) in [5, 5.41) is 8.05. The quantitative estimate of drug-likeness (QED) is 0.828. The number of hydrogen-bond acceptors (Lipinski definition) is 3. The molecule has 0 saturated heterocycles. The van der Waals surface area contributed by atoms with Crippen LogP contribution in [0.1, 0.15) is 12.5 Å². The Bertz CT molecular complexity index is 445. The van der Waals surface area contributed by atoms with E-state index in [1.54, 1.807) is 0 Å². The van der Waals surface area contributed by atoms with E-state index < -0.39 is 10.0 Å². The predicted molar refractivity (Wildman–Crippen MR) is 73.3 cm³/mol. The van der Waals surface area contributed by atoms with Gasteiger partial charge in [0.05, 0.1) is 5.75 Å². The second-order valence-electron chi connectivity index (χ2n) is 4.05. The van der Waals surface area contributed by atoms with Crippen LogP contribution >= 0.6 is 15.9 Å². The maximum atomic E-state index is 10.7. The van der Waals surface area contributed by atoms with Gasteiger partial charge in [0.15, 0.2) is 0 Å². The molecule has 17 heavy (non-hydrogen) atoms. The highest BCUT2D eigenvalue weighted by Crippen LogP contribution is 2.11. The van der Waals surface area contributed by atoms with E-state index in [-0.39, 0.29) is 11.8 Å². The smallest absolute Gasteiger partial charge is 0.210 e. The molecular formula is C11H17BrN2O2S. The maximum absolute atomic E-state index is 10.7. The van der Waals surface area contributed by atoms with Gasteiger partial charge in [0.25, 0.3) is 0 Å². The van der Waals surface area contributed by atoms with Crippen molar-refractivity contribution in [2.75, 3.05) is 12.3 Å². The lowest BCUT2D eigenvalue weighted by Crippen LogP contribution is -2.34. The minimum absolute atomic E-state index is 0.0301. The monoisotopic (exact) mass is 320 g/mol. The zero-order valence-electron chi connectivity index (χ0n) is 9.69. The van der Waals surface area contributed by atoms with Crippen molar-refractivity contribution >= 4 is 26.0 Å². The highest BCUT2D eigenvalue weighted by Gasteiger charge is 2.06. The van der Waals surface area contributed by atoms with Gasteiger partial charge >= 0.3 is 0 Å². The third-order valence-electron chi connectivity index (χ3n) is 2.33. The second kappa shape index (κ2) is 6.49. The number of nitrogens with two attached hydrogens (primary N) is 1. The Kier molecular flexibility index (Phi) is 5.58. The highest BCUT2D eigenvalue weighted by atomic mass is 79.9. The van der Waals surface area contributed by atoms with Crippen LogP contribution in [0.5, 0.6) is 0 Å². The number of benzene rings is 1. The molecule has 0 aliphatic rings. The molecule has 0 spiro atoms. The molecule has 0 fully saturated rings. The van der Waals surface area contributed by atoms with Crippen LogP contribution < -0.4 is 10.5 Å². The van der Waals surface area contributed by atoms with Crippen LogP contribution in [-0.4, -0.2) is 26.8 Å². The number of nitrogens with one attached hydrogen (secondary N) is 1. The van der Waals surface area contributed by atoms with E-state index in [1.165, 1.54) is 5.56 Å². The van der Waals surface area contributed by atoms with Gasteiger partial charge < -0.3 is 5.32 Å². The standard InChI is InChI=1S/C11H17BrN2O2S/c1-9(14-6-7-17(13,15)16)8-10-2-4-11(12)5-3-10/h2-5,9,14H,6-8H2,1H3,(H2,13,15,16). The van der Waals surface area contributed by atoms with Crippen molar-refractivity contribution in [2.45, 2.75) is 19.4 Å². The molecule has 0 bridgehead atoms. The van der Waals surface area contributed by atoms with E-state index in [4.69, 9.17) is 5.14 Å². The summed E-state index contributed by atoms with van der Waals surface area (Å²) in [7, 11) is -3.37. The molecule has 1 aromatic rings. The molecule has 1 rings (SSSR count). The Morgan fingerprint density at radius 1 is 1.35 bits per heavy atom. The van der Waals surface area contributed by atoms with Gasteiger partial charge in [-0.1, -0.05) is 28.1 Å². The largest absolute Gasteiger partial charge is 0.313 e. The lowest BCUT2D eigenvalue weighted by molar-refractivity contribution is 0.554. The number of halogens is 1. The average Bonchev–Trinajstić information content (AvgIpc) is 2.19. The van der Waals surface area contributed by atoms with Crippen LogP contribution in [0.15, 0.2) is 28.7 Å². The van der Waals surface area contributed by atoms with Gasteiger partial charge in [-0.3, -0.25) is 0 Å². The van der Waals surface area contributed by atoms with Crippen LogP contribution in [0.25, 0.3) is 0 Å². The summed E-state index contributed by atoms with van der Waals surface area (Å²) >= 11 is 3.38. The van der Waals surface area contributed by atoms with Crippen molar-refractivity contribution in [1.29, 1.82) is 0 Å². The fourth-order valence-electron chi connectivity index (χ4n) is 1.49. The van der Waals surface area contributed by atoms with E-state index in [1.807, 2.05) is 31.2 Å². The molecule has 0 radical (unpaired) electrons.